The van der Waals surface area contributed by atoms with Crippen LogP contribution < -0.4 is 11.3 Å². The molecule has 3 N–H and O–H groups in total. The highest BCUT2D eigenvalue weighted by Crippen LogP contribution is 2.09. The molecule has 0 fully saturated rings. The number of rotatable bonds is 6. The van der Waals surface area contributed by atoms with Crippen LogP contribution in [0.5, 0.6) is 0 Å². The minimum atomic E-state index is -0.258. The van der Waals surface area contributed by atoms with Gasteiger partial charge in [0.1, 0.15) is 0 Å². The third-order valence-corrected chi connectivity index (χ3v) is 3.89. The van der Waals surface area contributed by atoms with E-state index in [2.05, 4.69) is 20.9 Å². The van der Waals surface area contributed by atoms with Crippen molar-refractivity contribution in [2.75, 3.05) is 19.6 Å². The molecule has 0 aliphatic rings. The Hall–Kier alpha value is -1.92. The van der Waals surface area contributed by atoms with Gasteiger partial charge in [0.05, 0.1) is 10.0 Å². The van der Waals surface area contributed by atoms with Crippen LogP contribution in [0.1, 0.15) is 15.9 Å². The van der Waals surface area contributed by atoms with Gasteiger partial charge in [-0.1, -0.05) is 30.3 Å². The minimum absolute atomic E-state index is 0.140. The van der Waals surface area contributed by atoms with Crippen LogP contribution in [0.2, 0.25) is 0 Å². The Morgan fingerprint density at radius 2 is 1.95 bits per heavy atom. The summed E-state index contributed by atoms with van der Waals surface area (Å²) in [6.45, 7) is 1.45. The van der Waals surface area contributed by atoms with Crippen LogP contribution in [0.15, 0.2) is 51.9 Å². The van der Waals surface area contributed by atoms with E-state index in [9.17, 15) is 9.59 Å². The van der Waals surface area contributed by atoms with Crippen LogP contribution in [0.3, 0.4) is 0 Å². The van der Waals surface area contributed by atoms with Gasteiger partial charge in [-0.15, -0.1) is 0 Å². The van der Waals surface area contributed by atoms with Gasteiger partial charge < -0.3 is 15.6 Å². The fraction of sp³-hybridized carbons (Fsp3) is 0.250. The second kappa shape index (κ2) is 7.91. The van der Waals surface area contributed by atoms with Crippen molar-refractivity contribution >= 4 is 21.8 Å². The topological polar surface area (TPSA) is 79.2 Å². The Labute approximate surface area is 137 Å². The molecule has 1 aromatic heterocycles. The van der Waals surface area contributed by atoms with Gasteiger partial charge in [0.15, 0.2) is 0 Å². The number of nitrogens with one attached hydrogen (secondary N) is 1. The number of hydrogen-bond donors (Lipinski definition) is 2. The Kier molecular flexibility index (Phi) is 5.91. The number of aromatic amines is 1. The predicted molar refractivity (Wildman–Crippen MR) is 89.9 cm³/mol. The molecule has 2 rings (SSSR count). The first kappa shape index (κ1) is 16.5. The maximum absolute atomic E-state index is 12.5. The largest absolute Gasteiger partial charge is 0.337 e. The third kappa shape index (κ3) is 4.29. The van der Waals surface area contributed by atoms with E-state index in [1.165, 1.54) is 17.8 Å². The summed E-state index contributed by atoms with van der Waals surface area (Å²) in [6, 6.07) is 11.5. The highest BCUT2D eigenvalue weighted by Gasteiger charge is 2.16. The zero-order chi connectivity index (χ0) is 15.9. The van der Waals surface area contributed by atoms with Crippen LogP contribution in [-0.4, -0.2) is 35.4 Å². The van der Waals surface area contributed by atoms with Crippen LogP contribution in [0.4, 0.5) is 0 Å². The van der Waals surface area contributed by atoms with Crippen molar-refractivity contribution in [3.8, 4) is 0 Å². The Morgan fingerprint density at radius 1 is 1.23 bits per heavy atom. The number of benzene rings is 1. The van der Waals surface area contributed by atoms with E-state index in [-0.39, 0.29) is 11.5 Å². The molecular weight excluding hydrogens is 346 g/mol. The molecular formula is C16H18BrN3O2. The number of carbonyl (C=O) groups is 1. The zero-order valence-electron chi connectivity index (χ0n) is 12.1. The van der Waals surface area contributed by atoms with Crippen molar-refractivity contribution in [3.63, 3.8) is 0 Å². The second-order valence-electron chi connectivity index (χ2n) is 4.88. The van der Waals surface area contributed by atoms with Crippen LogP contribution >= 0.6 is 15.9 Å². The monoisotopic (exact) mass is 363 g/mol. The molecule has 0 bridgehead atoms. The lowest BCUT2D eigenvalue weighted by molar-refractivity contribution is 0.0761. The van der Waals surface area contributed by atoms with E-state index in [4.69, 9.17) is 5.73 Å². The van der Waals surface area contributed by atoms with E-state index < -0.39 is 0 Å². The molecule has 0 saturated carbocycles. The maximum Gasteiger partial charge on any atom is 0.262 e. The van der Waals surface area contributed by atoms with Crippen LogP contribution in [0.25, 0.3) is 0 Å². The fourth-order valence-electron chi connectivity index (χ4n) is 2.14. The highest BCUT2D eigenvalue weighted by molar-refractivity contribution is 9.10. The molecule has 5 nitrogen and oxygen atoms in total. The number of hydrogen-bond acceptors (Lipinski definition) is 3. The van der Waals surface area contributed by atoms with E-state index >= 15 is 0 Å². The summed E-state index contributed by atoms with van der Waals surface area (Å²) in [7, 11) is 0. The Morgan fingerprint density at radius 3 is 2.59 bits per heavy atom. The van der Waals surface area contributed by atoms with Gasteiger partial charge in [-0.25, -0.2) is 0 Å². The average molecular weight is 364 g/mol. The number of nitrogens with zero attached hydrogens (tertiary/aromatic N) is 1. The predicted octanol–water partition coefficient (Wildman–Crippen LogP) is 1.78. The van der Waals surface area contributed by atoms with Crippen molar-refractivity contribution in [2.45, 2.75) is 6.42 Å². The lowest BCUT2D eigenvalue weighted by Crippen LogP contribution is -2.37. The summed E-state index contributed by atoms with van der Waals surface area (Å²) >= 11 is 3.14. The van der Waals surface area contributed by atoms with E-state index in [0.29, 0.717) is 29.7 Å². The number of aromatic nitrogens is 1. The summed E-state index contributed by atoms with van der Waals surface area (Å²) in [4.78, 5) is 28.1. The molecule has 0 atom stereocenters. The van der Waals surface area contributed by atoms with Gasteiger partial charge in [-0.2, -0.15) is 0 Å². The molecule has 0 saturated heterocycles. The summed E-state index contributed by atoms with van der Waals surface area (Å²) in [5.41, 5.74) is 6.95. The molecule has 0 radical (unpaired) electrons. The van der Waals surface area contributed by atoms with Gasteiger partial charge in [-0.05, 0) is 34.0 Å². The first-order valence-corrected chi connectivity index (χ1v) is 7.82. The quantitative estimate of drug-likeness (QED) is 0.820. The Balaban J connectivity index is 2.10. The highest BCUT2D eigenvalue weighted by atomic mass is 79.9. The molecule has 1 aromatic carbocycles. The van der Waals surface area contributed by atoms with Crippen LogP contribution in [0, 0.1) is 0 Å². The molecule has 0 aliphatic carbocycles. The molecule has 116 valence electrons. The number of nitrogens with two attached hydrogens (primary N) is 1. The van der Waals surface area contributed by atoms with E-state index in [0.717, 1.165) is 6.42 Å². The zero-order valence-corrected chi connectivity index (χ0v) is 13.7. The number of amides is 1. The van der Waals surface area contributed by atoms with Gasteiger partial charge in [-0.3, -0.25) is 9.59 Å². The standard InChI is InChI=1S/C16H18BrN3O2/c17-14-10-13(11-19-15(14)21)16(22)20(9-7-18)8-6-12-4-2-1-3-5-12/h1-5,10-11H,6-9,18H2,(H,19,21). The summed E-state index contributed by atoms with van der Waals surface area (Å²) in [6.07, 6.45) is 2.19. The smallest absolute Gasteiger partial charge is 0.262 e. The van der Waals surface area contributed by atoms with Gasteiger partial charge in [0.25, 0.3) is 11.5 Å². The second-order valence-corrected chi connectivity index (χ2v) is 5.74. The molecule has 2 aromatic rings. The molecule has 1 amide bonds. The van der Waals surface area contributed by atoms with Crippen molar-refractivity contribution in [1.82, 2.24) is 9.88 Å². The summed E-state index contributed by atoms with van der Waals surface area (Å²) < 4.78 is 0.342. The number of carbonyl (C=O) groups excluding carboxylic acids is 1. The van der Waals surface area contributed by atoms with Crippen molar-refractivity contribution in [2.24, 2.45) is 5.73 Å². The third-order valence-electron chi connectivity index (χ3n) is 3.30. The normalized spacial score (nSPS) is 10.5. The van der Waals surface area contributed by atoms with E-state index in [1.807, 2.05) is 30.3 Å². The van der Waals surface area contributed by atoms with Crippen molar-refractivity contribution < 1.29 is 4.79 Å². The molecule has 6 heteroatoms. The molecule has 1 heterocycles. The molecule has 0 spiro atoms. The summed E-state index contributed by atoms with van der Waals surface area (Å²) in [5.74, 6) is -0.140. The fourth-order valence-corrected chi connectivity index (χ4v) is 2.50. The number of H-pyrrole nitrogens is 1. The minimum Gasteiger partial charge on any atom is -0.337 e. The lowest BCUT2D eigenvalue weighted by atomic mass is 10.1. The van der Waals surface area contributed by atoms with Crippen LogP contribution in [-0.2, 0) is 6.42 Å². The number of pyridine rings is 1. The Bertz CT molecular complexity index is 685. The first-order chi connectivity index (χ1) is 10.6. The summed E-state index contributed by atoms with van der Waals surface area (Å²) in [5, 5.41) is 0. The average Bonchev–Trinajstić information content (AvgIpc) is 2.54. The first-order valence-electron chi connectivity index (χ1n) is 7.03. The van der Waals surface area contributed by atoms with Gasteiger partial charge in [0, 0.05) is 25.8 Å². The number of halogens is 1. The molecule has 0 unspecified atom stereocenters. The van der Waals surface area contributed by atoms with Gasteiger partial charge >= 0.3 is 0 Å². The van der Waals surface area contributed by atoms with Crippen molar-refractivity contribution in [1.29, 1.82) is 0 Å². The molecule has 22 heavy (non-hydrogen) atoms. The van der Waals surface area contributed by atoms with Gasteiger partial charge in [0.2, 0.25) is 0 Å². The molecule has 0 aliphatic heterocycles. The maximum atomic E-state index is 12.5. The van der Waals surface area contributed by atoms with E-state index in [1.54, 1.807) is 4.90 Å². The van der Waals surface area contributed by atoms with Crippen molar-refractivity contribution in [3.05, 3.63) is 68.5 Å². The SMILES string of the molecule is NCCN(CCc1ccccc1)C(=O)c1c[nH]c(=O)c(Br)c1. The lowest BCUT2D eigenvalue weighted by Gasteiger charge is -2.22.